The summed E-state index contributed by atoms with van der Waals surface area (Å²) in [5.41, 5.74) is 5.64. The molecule has 5 heteroatoms. The molecule has 2 aromatic rings. The van der Waals surface area contributed by atoms with Gasteiger partial charge < -0.3 is 9.94 Å². The van der Waals surface area contributed by atoms with Crippen molar-refractivity contribution in [3.63, 3.8) is 0 Å². The van der Waals surface area contributed by atoms with E-state index in [9.17, 15) is 4.39 Å². The highest BCUT2D eigenvalue weighted by Crippen LogP contribution is 2.38. The Labute approximate surface area is 152 Å². The number of hydrogen-bond acceptors (Lipinski definition) is 4. The molecule has 1 N–H and O–H groups in total. The average Bonchev–Trinajstić information content (AvgIpc) is 2.99. The lowest BCUT2D eigenvalue weighted by Crippen LogP contribution is -1.92. The summed E-state index contributed by atoms with van der Waals surface area (Å²) in [6.07, 6.45) is 7.91. The SMILES string of the molecule is Cc1cc(/C=C2/C=C(CCON=CCCO)c3ccccc32)c(F)cn1. The molecule has 3 rings (SSSR count). The molecule has 1 aliphatic rings. The van der Waals surface area contributed by atoms with E-state index in [1.165, 1.54) is 6.20 Å². The summed E-state index contributed by atoms with van der Waals surface area (Å²) in [5, 5.41) is 12.5. The van der Waals surface area contributed by atoms with Gasteiger partial charge in [0.2, 0.25) is 0 Å². The van der Waals surface area contributed by atoms with Gasteiger partial charge in [0.25, 0.3) is 0 Å². The van der Waals surface area contributed by atoms with Crippen LogP contribution in [0.3, 0.4) is 0 Å². The molecule has 1 aromatic carbocycles. The van der Waals surface area contributed by atoms with Crippen LogP contribution in [0.4, 0.5) is 4.39 Å². The Morgan fingerprint density at radius 3 is 2.88 bits per heavy atom. The minimum atomic E-state index is -0.330. The summed E-state index contributed by atoms with van der Waals surface area (Å²) in [6.45, 7) is 2.35. The van der Waals surface area contributed by atoms with Crippen molar-refractivity contribution in [2.75, 3.05) is 13.2 Å². The van der Waals surface area contributed by atoms with Crippen molar-refractivity contribution < 1.29 is 14.3 Å². The number of fused-ring (bicyclic) bond motifs is 1. The zero-order valence-electron chi connectivity index (χ0n) is 14.7. The van der Waals surface area contributed by atoms with Gasteiger partial charge in [-0.05, 0) is 41.3 Å². The number of aromatic nitrogens is 1. The molecule has 0 saturated carbocycles. The van der Waals surface area contributed by atoms with E-state index in [1.54, 1.807) is 12.3 Å². The smallest absolute Gasteiger partial charge is 0.148 e. The number of nitrogens with zero attached hydrogens (tertiary/aromatic N) is 2. The van der Waals surface area contributed by atoms with E-state index in [0.717, 1.165) is 28.0 Å². The number of oxime groups is 1. The van der Waals surface area contributed by atoms with Crippen molar-refractivity contribution in [3.05, 3.63) is 70.8 Å². The van der Waals surface area contributed by atoms with Gasteiger partial charge in [-0.3, -0.25) is 4.98 Å². The number of pyridine rings is 1. The quantitative estimate of drug-likeness (QED) is 0.461. The van der Waals surface area contributed by atoms with Crippen LogP contribution in [-0.4, -0.2) is 29.5 Å². The largest absolute Gasteiger partial charge is 0.396 e. The lowest BCUT2D eigenvalue weighted by atomic mass is 10.0. The van der Waals surface area contributed by atoms with E-state index < -0.39 is 0 Å². The van der Waals surface area contributed by atoms with Crippen LogP contribution in [-0.2, 0) is 4.84 Å². The maximum Gasteiger partial charge on any atom is 0.148 e. The molecular weight excluding hydrogens is 331 g/mol. The van der Waals surface area contributed by atoms with Crippen LogP contribution >= 0.6 is 0 Å². The minimum Gasteiger partial charge on any atom is -0.396 e. The molecule has 0 radical (unpaired) electrons. The highest BCUT2D eigenvalue weighted by molar-refractivity contribution is 6.01. The molecule has 1 aromatic heterocycles. The molecule has 26 heavy (non-hydrogen) atoms. The van der Waals surface area contributed by atoms with Gasteiger partial charge in [0.05, 0.1) is 6.20 Å². The standard InChI is InChI=1S/C21H21FN2O2/c1-15-11-18(21(22)14-23-15)13-17-12-16(7-10-26-24-8-4-9-25)19-5-2-3-6-20(17)19/h2-3,5-6,8,11-14,25H,4,7,9-10H2,1H3/b17-13-,24-8?. The van der Waals surface area contributed by atoms with Gasteiger partial charge in [-0.15, -0.1) is 0 Å². The lowest BCUT2D eigenvalue weighted by molar-refractivity contribution is 0.151. The summed E-state index contributed by atoms with van der Waals surface area (Å²) in [4.78, 5) is 9.21. The van der Waals surface area contributed by atoms with Crippen molar-refractivity contribution in [1.82, 2.24) is 4.98 Å². The van der Waals surface area contributed by atoms with Crippen LogP contribution < -0.4 is 0 Å². The second-order valence-electron chi connectivity index (χ2n) is 6.05. The van der Waals surface area contributed by atoms with Gasteiger partial charge in [0.1, 0.15) is 12.4 Å². The normalized spacial score (nSPS) is 14.7. The molecule has 0 fully saturated rings. The molecule has 0 bridgehead atoms. The van der Waals surface area contributed by atoms with E-state index >= 15 is 0 Å². The molecule has 1 aliphatic carbocycles. The molecule has 0 aliphatic heterocycles. The van der Waals surface area contributed by atoms with Crippen molar-refractivity contribution in [3.8, 4) is 0 Å². The first kappa shape index (κ1) is 18.0. The minimum absolute atomic E-state index is 0.0601. The van der Waals surface area contributed by atoms with Gasteiger partial charge in [-0.2, -0.15) is 0 Å². The van der Waals surface area contributed by atoms with Crippen molar-refractivity contribution in [2.24, 2.45) is 5.16 Å². The summed E-state index contributed by atoms with van der Waals surface area (Å²) in [5.74, 6) is -0.330. The zero-order valence-corrected chi connectivity index (χ0v) is 14.7. The second-order valence-corrected chi connectivity index (χ2v) is 6.05. The molecular formula is C21H21FN2O2. The average molecular weight is 352 g/mol. The summed E-state index contributed by atoms with van der Waals surface area (Å²) in [7, 11) is 0. The van der Waals surface area contributed by atoms with E-state index in [-0.39, 0.29) is 12.4 Å². The molecule has 0 atom stereocenters. The second kappa shape index (κ2) is 8.54. The maximum atomic E-state index is 14.1. The van der Waals surface area contributed by atoms with Crippen LogP contribution in [0.5, 0.6) is 0 Å². The predicted molar refractivity (Wildman–Crippen MR) is 102 cm³/mol. The van der Waals surface area contributed by atoms with E-state index in [4.69, 9.17) is 9.94 Å². The first-order chi connectivity index (χ1) is 12.7. The van der Waals surface area contributed by atoms with Crippen LogP contribution in [0.25, 0.3) is 17.2 Å². The number of halogens is 1. The van der Waals surface area contributed by atoms with Crippen LogP contribution in [0.2, 0.25) is 0 Å². The lowest BCUT2D eigenvalue weighted by Gasteiger charge is -2.05. The molecule has 134 valence electrons. The number of benzene rings is 1. The Balaban J connectivity index is 1.81. The third-order valence-corrected chi connectivity index (χ3v) is 4.12. The number of aliphatic hydroxyl groups excluding tert-OH is 1. The number of hydrogen-bond donors (Lipinski definition) is 1. The Kier molecular flexibility index (Phi) is 5.92. The van der Waals surface area contributed by atoms with E-state index in [1.807, 2.05) is 31.2 Å². The van der Waals surface area contributed by atoms with Crippen molar-refractivity contribution >= 4 is 23.4 Å². The van der Waals surface area contributed by atoms with Gasteiger partial charge in [-0.25, -0.2) is 4.39 Å². The zero-order chi connectivity index (χ0) is 18.4. The third kappa shape index (κ3) is 4.24. The Morgan fingerprint density at radius 1 is 1.27 bits per heavy atom. The number of rotatable bonds is 7. The van der Waals surface area contributed by atoms with E-state index in [0.29, 0.717) is 25.0 Å². The van der Waals surface area contributed by atoms with E-state index in [2.05, 4.69) is 22.3 Å². The third-order valence-electron chi connectivity index (χ3n) is 4.12. The number of allylic oxidation sites excluding steroid dienone is 2. The fourth-order valence-electron chi connectivity index (χ4n) is 2.90. The number of aryl methyl sites for hydroxylation is 1. The van der Waals surface area contributed by atoms with Gasteiger partial charge in [-0.1, -0.05) is 35.5 Å². The molecule has 1 heterocycles. The topological polar surface area (TPSA) is 54.7 Å². The van der Waals surface area contributed by atoms with Gasteiger partial charge in [0, 0.05) is 36.9 Å². The molecule has 0 unspecified atom stereocenters. The van der Waals surface area contributed by atoms with Crippen molar-refractivity contribution in [2.45, 2.75) is 19.8 Å². The van der Waals surface area contributed by atoms with Gasteiger partial charge >= 0.3 is 0 Å². The molecule has 0 saturated heterocycles. The molecule has 0 spiro atoms. The maximum absolute atomic E-state index is 14.1. The van der Waals surface area contributed by atoms with Gasteiger partial charge in [0.15, 0.2) is 0 Å². The predicted octanol–water partition coefficient (Wildman–Crippen LogP) is 4.24. The van der Waals surface area contributed by atoms with Crippen LogP contribution in [0.1, 0.15) is 35.2 Å². The highest BCUT2D eigenvalue weighted by Gasteiger charge is 2.18. The molecule has 0 amide bonds. The van der Waals surface area contributed by atoms with Crippen molar-refractivity contribution in [1.29, 1.82) is 0 Å². The summed E-state index contributed by atoms with van der Waals surface area (Å²) < 4.78 is 14.1. The Morgan fingerprint density at radius 2 is 2.08 bits per heavy atom. The first-order valence-electron chi connectivity index (χ1n) is 8.58. The Bertz CT molecular complexity index is 872. The molecule has 4 nitrogen and oxygen atoms in total. The summed E-state index contributed by atoms with van der Waals surface area (Å²) in [6, 6.07) is 9.82. The first-order valence-corrected chi connectivity index (χ1v) is 8.58. The summed E-state index contributed by atoms with van der Waals surface area (Å²) >= 11 is 0. The fourth-order valence-corrected chi connectivity index (χ4v) is 2.90. The Hall–Kier alpha value is -2.79. The van der Waals surface area contributed by atoms with Crippen LogP contribution in [0.15, 0.2) is 47.8 Å². The fraction of sp³-hybridized carbons (Fsp3) is 0.238. The number of aliphatic hydroxyl groups is 1. The van der Waals surface area contributed by atoms with Crippen LogP contribution in [0, 0.1) is 12.7 Å². The monoisotopic (exact) mass is 352 g/mol. The highest BCUT2D eigenvalue weighted by atomic mass is 19.1.